The number of halogens is 3. The molecule has 0 unspecified atom stereocenters. The van der Waals surface area contributed by atoms with Gasteiger partial charge in [0.25, 0.3) is 11.8 Å². The monoisotopic (exact) mass is 429 g/mol. The summed E-state index contributed by atoms with van der Waals surface area (Å²) >= 11 is 0. The molecule has 1 saturated heterocycles. The van der Waals surface area contributed by atoms with E-state index in [0.29, 0.717) is 31.7 Å². The van der Waals surface area contributed by atoms with Gasteiger partial charge < -0.3 is 14.8 Å². The second-order valence-corrected chi connectivity index (χ2v) is 7.79. The highest BCUT2D eigenvalue weighted by Crippen LogP contribution is 2.29. The topological polar surface area (TPSA) is 56.4 Å². The van der Waals surface area contributed by atoms with Crippen molar-refractivity contribution in [3.8, 4) is 0 Å². The molecule has 2 heterocycles. The molecule has 1 N–H and O–H groups in total. The minimum Gasteiger partial charge on any atom is -0.358 e. The predicted octanol–water partition coefficient (Wildman–Crippen LogP) is 4.40. The molecule has 2 aromatic carbocycles. The zero-order chi connectivity index (χ0) is 22.3. The molecule has 4 rings (SSSR count). The van der Waals surface area contributed by atoms with E-state index in [4.69, 9.17) is 0 Å². The third-order valence-corrected chi connectivity index (χ3v) is 5.87. The van der Waals surface area contributed by atoms with Crippen LogP contribution in [0.5, 0.6) is 0 Å². The molecule has 0 atom stereocenters. The summed E-state index contributed by atoms with van der Waals surface area (Å²) in [5.41, 5.74) is 3.17. The van der Waals surface area contributed by atoms with Crippen molar-refractivity contribution in [3.05, 3.63) is 70.4 Å². The molecule has 1 aromatic heterocycles. The Morgan fingerprint density at radius 3 is 1.90 bits per heavy atom. The lowest BCUT2D eigenvalue weighted by Gasteiger charge is -2.35. The molecule has 31 heavy (non-hydrogen) atoms. The van der Waals surface area contributed by atoms with Gasteiger partial charge in [0.05, 0.1) is 5.56 Å². The Labute approximate surface area is 177 Å². The number of fused-ring (bicyclic) bond motifs is 1. The Balaban J connectivity index is 1.41. The normalized spacial score (nSPS) is 14.9. The first-order chi connectivity index (χ1) is 14.6. The van der Waals surface area contributed by atoms with Crippen molar-refractivity contribution in [1.29, 1.82) is 0 Å². The van der Waals surface area contributed by atoms with Crippen LogP contribution in [0.25, 0.3) is 10.9 Å². The molecule has 0 saturated carbocycles. The summed E-state index contributed by atoms with van der Waals surface area (Å²) in [6.07, 6.45) is -4.44. The minimum absolute atomic E-state index is 0.0956. The molecule has 1 fully saturated rings. The van der Waals surface area contributed by atoms with Gasteiger partial charge in [-0.1, -0.05) is 0 Å². The molecule has 0 aliphatic carbocycles. The summed E-state index contributed by atoms with van der Waals surface area (Å²) in [4.78, 5) is 32.1. The number of nitrogens with zero attached hydrogens (tertiary/aromatic N) is 2. The minimum atomic E-state index is -4.44. The number of H-pyrrole nitrogens is 1. The highest BCUT2D eigenvalue weighted by molar-refractivity contribution is 5.99. The van der Waals surface area contributed by atoms with Crippen LogP contribution < -0.4 is 0 Å². The third-order valence-electron chi connectivity index (χ3n) is 5.87. The van der Waals surface area contributed by atoms with E-state index in [-0.39, 0.29) is 17.4 Å². The fourth-order valence-corrected chi connectivity index (χ4v) is 3.87. The molecule has 8 heteroatoms. The molecule has 3 aromatic rings. The molecule has 0 radical (unpaired) electrons. The average Bonchev–Trinajstić information content (AvgIpc) is 3.05. The Morgan fingerprint density at radius 1 is 0.839 bits per heavy atom. The molecule has 0 spiro atoms. The number of hydrogen-bond donors (Lipinski definition) is 1. The van der Waals surface area contributed by atoms with Crippen LogP contribution in [-0.4, -0.2) is 52.8 Å². The van der Waals surface area contributed by atoms with Crippen LogP contribution in [0.2, 0.25) is 0 Å². The fourth-order valence-electron chi connectivity index (χ4n) is 3.87. The molecular weight excluding hydrogens is 407 g/mol. The van der Waals surface area contributed by atoms with Crippen LogP contribution in [0.4, 0.5) is 13.2 Å². The second-order valence-electron chi connectivity index (χ2n) is 7.79. The van der Waals surface area contributed by atoms with Crippen molar-refractivity contribution >= 4 is 22.7 Å². The van der Waals surface area contributed by atoms with E-state index in [2.05, 4.69) is 4.98 Å². The Kier molecular flexibility index (Phi) is 5.24. The van der Waals surface area contributed by atoms with Crippen molar-refractivity contribution in [1.82, 2.24) is 14.8 Å². The van der Waals surface area contributed by atoms with Gasteiger partial charge in [-0.2, -0.15) is 13.2 Å². The number of carbonyl (C=O) groups excluding carboxylic acids is 2. The summed E-state index contributed by atoms with van der Waals surface area (Å²) in [5, 5.41) is 1.01. The molecule has 1 aliphatic rings. The Bertz CT molecular complexity index is 1140. The van der Waals surface area contributed by atoms with Gasteiger partial charge in [0, 0.05) is 53.9 Å². The van der Waals surface area contributed by atoms with Crippen LogP contribution in [-0.2, 0) is 6.18 Å². The molecule has 0 bridgehead atoms. The zero-order valence-electron chi connectivity index (χ0n) is 17.2. The lowest BCUT2D eigenvalue weighted by Crippen LogP contribution is -2.50. The highest BCUT2D eigenvalue weighted by Gasteiger charge is 2.31. The van der Waals surface area contributed by atoms with Gasteiger partial charge in [-0.3, -0.25) is 9.59 Å². The SMILES string of the molecule is Cc1[nH]c2ccc(C(=O)N3CCN(C(=O)c4ccc(C(F)(F)F)cc4)CC3)cc2c1C. The van der Waals surface area contributed by atoms with Crippen LogP contribution in [0.1, 0.15) is 37.5 Å². The van der Waals surface area contributed by atoms with E-state index < -0.39 is 11.7 Å². The summed E-state index contributed by atoms with van der Waals surface area (Å²) in [6.45, 7) is 5.40. The third kappa shape index (κ3) is 4.02. The maximum Gasteiger partial charge on any atom is 0.416 e. The number of piperazine rings is 1. The Hall–Kier alpha value is -3.29. The summed E-state index contributed by atoms with van der Waals surface area (Å²) in [7, 11) is 0. The number of aromatic amines is 1. The summed E-state index contributed by atoms with van der Waals surface area (Å²) in [6, 6.07) is 9.78. The van der Waals surface area contributed by atoms with E-state index in [0.717, 1.165) is 34.3 Å². The van der Waals surface area contributed by atoms with Gasteiger partial charge in [-0.15, -0.1) is 0 Å². The first-order valence-corrected chi connectivity index (χ1v) is 10.00. The predicted molar refractivity (Wildman–Crippen MR) is 111 cm³/mol. The van der Waals surface area contributed by atoms with Gasteiger partial charge in [-0.05, 0) is 61.9 Å². The fraction of sp³-hybridized carbons (Fsp3) is 0.304. The standard InChI is InChI=1S/C23H22F3N3O2/c1-14-15(2)27-20-8-5-17(13-19(14)20)22(31)29-11-9-28(10-12-29)21(30)16-3-6-18(7-4-16)23(24,25)26/h3-8,13,27H,9-12H2,1-2H3. The van der Waals surface area contributed by atoms with Gasteiger partial charge in [0.2, 0.25) is 0 Å². The van der Waals surface area contributed by atoms with Gasteiger partial charge in [0.15, 0.2) is 0 Å². The van der Waals surface area contributed by atoms with Crippen molar-refractivity contribution in [2.45, 2.75) is 20.0 Å². The molecule has 1 aliphatic heterocycles. The number of alkyl halides is 3. The van der Waals surface area contributed by atoms with Crippen molar-refractivity contribution in [2.75, 3.05) is 26.2 Å². The van der Waals surface area contributed by atoms with Gasteiger partial charge >= 0.3 is 6.18 Å². The zero-order valence-corrected chi connectivity index (χ0v) is 17.2. The molecule has 162 valence electrons. The van der Waals surface area contributed by atoms with E-state index in [1.807, 2.05) is 26.0 Å². The van der Waals surface area contributed by atoms with E-state index in [1.165, 1.54) is 12.1 Å². The van der Waals surface area contributed by atoms with Crippen LogP contribution in [0.3, 0.4) is 0 Å². The second kappa shape index (κ2) is 7.76. The Morgan fingerprint density at radius 2 is 1.35 bits per heavy atom. The van der Waals surface area contributed by atoms with Crippen LogP contribution >= 0.6 is 0 Å². The van der Waals surface area contributed by atoms with Crippen molar-refractivity contribution in [3.63, 3.8) is 0 Å². The quantitative estimate of drug-likeness (QED) is 0.657. The maximum absolute atomic E-state index is 12.9. The van der Waals surface area contributed by atoms with Crippen LogP contribution in [0.15, 0.2) is 42.5 Å². The van der Waals surface area contributed by atoms with Crippen LogP contribution in [0, 0.1) is 13.8 Å². The number of carbonyl (C=O) groups is 2. The number of nitrogens with one attached hydrogen (secondary N) is 1. The number of rotatable bonds is 2. The van der Waals surface area contributed by atoms with E-state index in [9.17, 15) is 22.8 Å². The largest absolute Gasteiger partial charge is 0.416 e. The molecule has 2 amide bonds. The number of hydrogen-bond acceptors (Lipinski definition) is 2. The van der Waals surface area contributed by atoms with Gasteiger partial charge in [0.1, 0.15) is 0 Å². The van der Waals surface area contributed by atoms with E-state index in [1.54, 1.807) is 15.9 Å². The first-order valence-electron chi connectivity index (χ1n) is 10.00. The number of amides is 2. The highest BCUT2D eigenvalue weighted by atomic mass is 19.4. The number of aryl methyl sites for hydroxylation is 2. The summed E-state index contributed by atoms with van der Waals surface area (Å²) < 4.78 is 38.1. The first kappa shape index (κ1) is 21.0. The lowest BCUT2D eigenvalue weighted by atomic mass is 10.1. The maximum atomic E-state index is 12.9. The number of benzene rings is 2. The molecule has 5 nitrogen and oxygen atoms in total. The van der Waals surface area contributed by atoms with Crippen molar-refractivity contribution in [2.24, 2.45) is 0 Å². The lowest BCUT2D eigenvalue weighted by molar-refractivity contribution is -0.137. The summed E-state index contributed by atoms with van der Waals surface area (Å²) in [5.74, 6) is -0.428. The van der Waals surface area contributed by atoms with E-state index >= 15 is 0 Å². The average molecular weight is 429 g/mol. The number of aromatic nitrogens is 1. The van der Waals surface area contributed by atoms with Crippen molar-refractivity contribution < 1.29 is 22.8 Å². The smallest absolute Gasteiger partial charge is 0.358 e. The van der Waals surface area contributed by atoms with Gasteiger partial charge in [-0.25, -0.2) is 0 Å². The molecular formula is C23H22F3N3O2.